The molecule has 1 aliphatic heterocycles. The van der Waals surface area contributed by atoms with E-state index in [-0.39, 0.29) is 0 Å². The molecule has 4 nitrogen and oxygen atoms in total. The molecule has 1 saturated heterocycles. The maximum absolute atomic E-state index is 11.0. The van der Waals surface area contributed by atoms with E-state index in [0.717, 1.165) is 0 Å². The second-order valence-corrected chi connectivity index (χ2v) is 3.64. The van der Waals surface area contributed by atoms with E-state index < -0.39 is 17.6 Å². The lowest BCUT2D eigenvalue weighted by Crippen LogP contribution is -2.31. The first-order chi connectivity index (χ1) is 7.12. The Morgan fingerprint density at radius 2 is 2.27 bits per heavy atom. The van der Waals surface area contributed by atoms with E-state index in [1.807, 2.05) is 0 Å². The number of nitrogens with zero attached hydrogens (tertiary/aromatic N) is 1. The van der Waals surface area contributed by atoms with Gasteiger partial charge in [-0.15, -0.1) is 0 Å². The minimum atomic E-state index is -1.54. The standard InChI is InChI=1S/C10H7ClN2O2/c11-7-4-2-1-3-6(7)8-10(5-12,15-8)9(13)14/h1-4,8H,(H2,13,14)/t8-,10-/m0/s1. The van der Waals surface area contributed by atoms with Gasteiger partial charge in [0.15, 0.2) is 0 Å². The molecule has 1 aromatic rings. The van der Waals surface area contributed by atoms with Gasteiger partial charge in [0, 0.05) is 10.6 Å². The van der Waals surface area contributed by atoms with Crippen molar-refractivity contribution in [2.75, 3.05) is 0 Å². The Morgan fingerprint density at radius 1 is 1.60 bits per heavy atom. The molecule has 0 aromatic heterocycles. The van der Waals surface area contributed by atoms with Gasteiger partial charge in [-0.1, -0.05) is 29.8 Å². The van der Waals surface area contributed by atoms with Gasteiger partial charge in [0.2, 0.25) is 0 Å². The van der Waals surface area contributed by atoms with E-state index in [4.69, 9.17) is 27.3 Å². The summed E-state index contributed by atoms with van der Waals surface area (Å²) in [5, 5.41) is 9.29. The van der Waals surface area contributed by atoms with Crippen LogP contribution in [0.5, 0.6) is 0 Å². The van der Waals surface area contributed by atoms with Crippen LogP contribution in [0.1, 0.15) is 11.7 Å². The van der Waals surface area contributed by atoms with Gasteiger partial charge in [0.25, 0.3) is 11.5 Å². The fourth-order valence-electron chi connectivity index (χ4n) is 1.45. The molecule has 0 aliphatic carbocycles. The lowest BCUT2D eigenvalue weighted by molar-refractivity contribution is -0.121. The third kappa shape index (κ3) is 1.37. The Morgan fingerprint density at radius 3 is 2.73 bits per heavy atom. The molecule has 15 heavy (non-hydrogen) atoms. The highest BCUT2D eigenvalue weighted by Gasteiger charge is 2.64. The average molecular weight is 223 g/mol. The molecule has 2 atom stereocenters. The fraction of sp³-hybridized carbons (Fsp3) is 0.200. The van der Waals surface area contributed by atoms with Crippen molar-refractivity contribution in [1.82, 2.24) is 0 Å². The Balaban J connectivity index is 2.36. The smallest absolute Gasteiger partial charge is 0.267 e. The number of carbonyl (C=O) groups is 1. The van der Waals surface area contributed by atoms with Crippen molar-refractivity contribution in [3.05, 3.63) is 34.9 Å². The summed E-state index contributed by atoms with van der Waals surface area (Å²) in [5.41, 5.74) is 4.17. The number of nitrogens with two attached hydrogens (primary N) is 1. The van der Waals surface area contributed by atoms with Crippen molar-refractivity contribution in [2.24, 2.45) is 5.73 Å². The van der Waals surface area contributed by atoms with Gasteiger partial charge in [0.1, 0.15) is 12.2 Å². The highest BCUT2D eigenvalue weighted by atomic mass is 35.5. The maximum Gasteiger partial charge on any atom is 0.267 e. The zero-order chi connectivity index (χ0) is 11.1. The quantitative estimate of drug-likeness (QED) is 0.763. The molecule has 5 heteroatoms. The minimum Gasteiger partial charge on any atom is -0.366 e. The summed E-state index contributed by atoms with van der Waals surface area (Å²) in [6, 6.07) is 8.66. The molecule has 0 unspecified atom stereocenters. The van der Waals surface area contributed by atoms with E-state index in [9.17, 15) is 4.79 Å². The Labute approximate surface area is 91.2 Å². The molecule has 1 heterocycles. The lowest BCUT2D eigenvalue weighted by atomic mass is 10.0. The molecule has 0 bridgehead atoms. The second-order valence-electron chi connectivity index (χ2n) is 3.23. The van der Waals surface area contributed by atoms with Crippen LogP contribution in [0.4, 0.5) is 0 Å². The summed E-state index contributed by atoms with van der Waals surface area (Å²) >= 11 is 5.91. The first-order valence-electron chi connectivity index (χ1n) is 4.25. The van der Waals surface area contributed by atoms with Gasteiger partial charge < -0.3 is 10.5 Å². The first-order valence-corrected chi connectivity index (χ1v) is 4.63. The predicted molar refractivity (Wildman–Crippen MR) is 52.8 cm³/mol. The van der Waals surface area contributed by atoms with Gasteiger partial charge >= 0.3 is 0 Å². The third-order valence-corrected chi connectivity index (χ3v) is 2.68. The molecule has 1 fully saturated rings. The molecule has 76 valence electrons. The molecular weight excluding hydrogens is 216 g/mol. The molecule has 2 rings (SSSR count). The van der Waals surface area contributed by atoms with E-state index in [1.165, 1.54) is 0 Å². The molecule has 0 saturated carbocycles. The molecule has 2 N–H and O–H groups in total. The van der Waals surface area contributed by atoms with Crippen LogP contribution in [0.3, 0.4) is 0 Å². The van der Waals surface area contributed by atoms with Crippen LogP contribution < -0.4 is 5.73 Å². The Bertz CT molecular complexity index is 469. The Hall–Kier alpha value is -1.57. The number of halogens is 1. The Kier molecular flexibility index (Phi) is 2.14. The van der Waals surface area contributed by atoms with Gasteiger partial charge in [0.05, 0.1) is 0 Å². The highest BCUT2D eigenvalue weighted by Crippen LogP contribution is 2.50. The SMILES string of the molecule is N#C[C@]1(C(N)=O)O[C@H]1c1ccccc1Cl. The van der Waals surface area contributed by atoms with Crippen molar-refractivity contribution in [3.8, 4) is 6.07 Å². The molecule has 0 spiro atoms. The van der Waals surface area contributed by atoms with Crippen molar-refractivity contribution in [3.63, 3.8) is 0 Å². The normalized spacial score (nSPS) is 28.1. The summed E-state index contributed by atoms with van der Waals surface area (Å²) < 4.78 is 5.06. The van der Waals surface area contributed by atoms with Crippen molar-refractivity contribution >= 4 is 17.5 Å². The molecular formula is C10H7ClN2O2. The number of amides is 1. The summed E-state index contributed by atoms with van der Waals surface area (Å²) in [5.74, 6) is -0.782. The summed E-state index contributed by atoms with van der Waals surface area (Å²) in [6.07, 6.45) is -0.645. The maximum atomic E-state index is 11.0. The number of carbonyl (C=O) groups excluding carboxylic acids is 1. The molecule has 1 aliphatic rings. The van der Waals surface area contributed by atoms with Gasteiger partial charge in [-0.2, -0.15) is 5.26 Å². The number of ether oxygens (including phenoxy) is 1. The van der Waals surface area contributed by atoms with Crippen LogP contribution >= 0.6 is 11.6 Å². The second kappa shape index (κ2) is 3.23. The highest BCUT2D eigenvalue weighted by molar-refractivity contribution is 6.31. The predicted octanol–water partition coefficient (Wildman–Crippen LogP) is 1.16. The van der Waals surface area contributed by atoms with E-state index in [2.05, 4.69) is 0 Å². The fourth-order valence-corrected chi connectivity index (χ4v) is 1.68. The van der Waals surface area contributed by atoms with Crippen LogP contribution in [0, 0.1) is 11.3 Å². The molecule has 1 amide bonds. The van der Waals surface area contributed by atoms with Crippen LogP contribution in [0.25, 0.3) is 0 Å². The number of epoxide rings is 1. The van der Waals surface area contributed by atoms with E-state index >= 15 is 0 Å². The summed E-state index contributed by atoms with van der Waals surface area (Å²) in [7, 11) is 0. The van der Waals surface area contributed by atoms with Gasteiger partial charge in [-0.05, 0) is 6.07 Å². The summed E-state index contributed by atoms with van der Waals surface area (Å²) in [6.45, 7) is 0. The third-order valence-electron chi connectivity index (χ3n) is 2.34. The minimum absolute atomic E-state index is 0.459. The van der Waals surface area contributed by atoms with Gasteiger partial charge in [-0.3, -0.25) is 4.79 Å². The molecule has 1 aromatic carbocycles. The molecule has 0 radical (unpaired) electrons. The van der Waals surface area contributed by atoms with Crippen LogP contribution in [-0.2, 0) is 9.53 Å². The average Bonchev–Trinajstić information content (AvgIpc) is 2.94. The van der Waals surface area contributed by atoms with Crippen molar-refractivity contribution in [1.29, 1.82) is 5.26 Å². The van der Waals surface area contributed by atoms with Gasteiger partial charge in [-0.25, -0.2) is 0 Å². The topological polar surface area (TPSA) is 79.4 Å². The number of hydrogen-bond acceptors (Lipinski definition) is 3. The number of hydrogen-bond donors (Lipinski definition) is 1. The van der Waals surface area contributed by atoms with Crippen molar-refractivity contribution < 1.29 is 9.53 Å². The van der Waals surface area contributed by atoms with Crippen LogP contribution in [0.2, 0.25) is 5.02 Å². The number of primary amides is 1. The zero-order valence-corrected chi connectivity index (χ0v) is 8.36. The largest absolute Gasteiger partial charge is 0.366 e. The number of nitriles is 1. The first kappa shape index (κ1) is 9.97. The number of rotatable bonds is 2. The van der Waals surface area contributed by atoms with E-state index in [0.29, 0.717) is 10.6 Å². The number of benzene rings is 1. The van der Waals surface area contributed by atoms with Crippen molar-refractivity contribution in [2.45, 2.75) is 11.7 Å². The van der Waals surface area contributed by atoms with Crippen LogP contribution in [-0.4, -0.2) is 11.5 Å². The summed E-state index contributed by atoms with van der Waals surface area (Å²) in [4.78, 5) is 11.0. The monoisotopic (exact) mass is 222 g/mol. The van der Waals surface area contributed by atoms with Crippen LogP contribution in [0.15, 0.2) is 24.3 Å². The zero-order valence-electron chi connectivity index (χ0n) is 7.61. The lowest BCUT2D eigenvalue weighted by Gasteiger charge is -2.00. The van der Waals surface area contributed by atoms with E-state index in [1.54, 1.807) is 30.3 Å².